The summed E-state index contributed by atoms with van der Waals surface area (Å²) < 4.78 is 36.3. The van der Waals surface area contributed by atoms with Crippen molar-refractivity contribution in [3.63, 3.8) is 0 Å². The Labute approximate surface area is 161 Å². The minimum Gasteiger partial charge on any atom is -0.454 e. The Morgan fingerprint density at radius 1 is 1.15 bits per heavy atom. The quantitative estimate of drug-likeness (QED) is 0.716. The molecule has 0 unspecified atom stereocenters. The van der Waals surface area contributed by atoms with Crippen LogP contribution in [0.3, 0.4) is 0 Å². The number of carbonyl (C=O) groups is 1. The molecular weight excluding hydrogens is 368 g/mol. The Kier molecular flexibility index (Phi) is 6.59. The number of ether oxygens (including phenoxy) is 2. The molecule has 1 aliphatic carbocycles. The summed E-state index contributed by atoms with van der Waals surface area (Å²) in [5, 5.41) is 3.07. The second-order valence-electron chi connectivity index (χ2n) is 7.29. The number of carbonyl (C=O) groups excluding carboxylic acids is 1. The van der Waals surface area contributed by atoms with Crippen molar-refractivity contribution >= 4 is 15.9 Å². The first-order chi connectivity index (χ1) is 12.9. The van der Waals surface area contributed by atoms with Crippen LogP contribution in [-0.4, -0.2) is 44.3 Å². The number of hydrogen-bond acceptors (Lipinski definition) is 5. The second-order valence-corrected chi connectivity index (χ2v) is 9.27. The number of rotatable bonds is 7. The predicted molar refractivity (Wildman–Crippen MR) is 102 cm³/mol. The lowest BCUT2D eigenvalue weighted by Crippen LogP contribution is -2.38. The summed E-state index contributed by atoms with van der Waals surface area (Å²) in [6.45, 7) is 0.536. The van der Waals surface area contributed by atoms with Gasteiger partial charge in [-0.2, -0.15) is 4.31 Å². The number of sulfonamides is 1. The fourth-order valence-corrected chi connectivity index (χ4v) is 4.36. The van der Waals surface area contributed by atoms with Gasteiger partial charge in [0, 0.05) is 25.6 Å². The third kappa shape index (κ3) is 5.84. The van der Waals surface area contributed by atoms with E-state index in [9.17, 15) is 13.2 Å². The van der Waals surface area contributed by atoms with E-state index < -0.39 is 10.0 Å². The van der Waals surface area contributed by atoms with Gasteiger partial charge in [0.1, 0.15) is 0 Å². The van der Waals surface area contributed by atoms with Crippen molar-refractivity contribution in [2.75, 3.05) is 19.6 Å². The van der Waals surface area contributed by atoms with E-state index in [1.54, 1.807) is 12.1 Å². The average molecular weight is 397 g/mol. The third-order valence-electron chi connectivity index (χ3n) is 5.07. The van der Waals surface area contributed by atoms with Crippen LogP contribution in [-0.2, 0) is 21.4 Å². The first-order valence-electron chi connectivity index (χ1n) is 9.55. The molecular formula is C19H28N2O5S. The van der Waals surface area contributed by atoms with Crippen LogP contribution in [0, 0.1) is 0 Å². The smallest absolute Gasteiger partial charge is 0.231 e. The number of nitrogens with one attached hydrogen (secondary N) is 1. The van der Waals surface area contributed by atoms with Gasteiger partial charge in [0.2, 0.25) is 22.7 Å². The van der Waals surface area contributed by atoms with Crippen molar-refractivity contribution in [3.05, 3.63) is 23.8 Å². The zero-order valence-electron chi connectivity index (χ0n) is 15.8. The molecule has 1 heterocycles. The highest BCUT2D eigenvalue weighted by Crippen LogP contribution is 2.33. The SMILES string of the molecule is CS(=O)(=O)N(CCC(=O)NC1CCCCCC1)Cc1ccc2c(c1)OCO2. The van der Waals surface area contributed by atoms with Crippen molar-refractivity contribution in [2.45, 2.75) is 57.5 Å². The number of nitrogens with zero attached hydrogens (tertiary/aromatic N) is 1. The van der Waals surface area contributed by atoms with Crippen LogP contribution in [0.4, 0.5) is 0 Å². The third-order valence-corrected chi connectivity index (χ3v) is 6.32. The molecule has 0 aromatic heterocycles. The van der Waals surface area contributed by atoms with E-state index in [4.69, 9.17) is 9.47 Å². The van der Waals surface area contributed by atoms with Crippen LogP contribution < -0.4 is 14.8 Å². The number of fused-ring (bicyclic) bond motifs is 1. The van der Waals surface area contributed by atoms with Gasteiger partial charge in [0.05, 0.1) is 6.26 Å². The van der Waals surface area contributed by atoms with Crippen molar-refractivity contribution < 1.29 is 22.7 Å². The minimum atomic E-state index is -3.43. The van der Waals surface area contributed by atoms with E-state index in [1.807, 2.05) is 6.07 Å². The van der Waals surface area contributed by atoms with Crippen molar-refractivity contribution in [3.8, 4) is 11.5 Å². The summed E-state index contributed by atoms with van der Waals surface area (Å²) in [5.74, 6) is 1.20. The van der Waals surface area contributed by atoms with Crippen molar-refractivity contribution in [2.24, 2.45) is 0 Å². The van der Waals surface area contributed by atoms with Gasteiger partial charge in [-0.3, -0.25) is 4.79 Å². The lowest BCUT2D eigenvalue weighted by atomic mass is 10.1. The highest BCUT2D eigenvalue weighted by atomic mass is 32.2. The van der Waals surface area contributed by atoms with E-state index in [0.29, 0.717) is 11.5 Å². The molecule has 150 valence electrons. The van der Waals surface area contributed by atoms with Crippen LogP contribution in [0.15, 0.2) is 18.2 Å². The normalized spacial score (nSPS) is 17.7. The van der Waals surface area contributed by atoms with Gasteiger partial charge in [0.25, 0.3) is 0 Å². The van der Waals surface area contributed by atoms with Gasteiger partial charge in [-0.25, -0.2) is 8.42 Å². The second kappa shape index (κ2) is 8.93. The zero-order valence-corrected chi connectivity index (χ0v) is 16.6. The van der Waals surface area contributed by atoms with Gasteiger partial charge in [-0.15, -0.1) is 0 Å². The summed E-state index contributed by atoms with van der Waals surface area (Å²) >= 11 is 0. The lowest BCUT2D eigenvalue weighted by Gasteiger charge is -2.21. The topological polar surface area (TPSA) is 84.9 Å². The monoisotopic (exact) mass is 396 g/mol. The van der Waals surface area contributed by atoms with Crippen molar-refractivity contribution in [1.82, 2.24) is 9.62 Å². The molecule has 1 aromatic carbocycles. The van der Waals surface area contributed by atoms with Gasteiger partial charge in [0.15, 0.2) is 11.5 Å². The molecule has 0 saturated heterocycles. The van der Waals surface area contributed by atoms with Gasteiger partial charge < -0.3 is 14.8 Å². The summed E-state index contributed by atoms with van der Waals surface area (Å²) in [4.78, 5) is 12.3. The van der Waals surface area contributed by atoms with Crippen molar-refractivity contribution in [1.29, 1.82) is 0 Å². The molecule has 1 aromatic rings. The van der Waals surface area contributed by atoms with Crippen LogP contribution in [0.25, 0.3) is 0 Å². The maximum atomic E-state index is 12.3. The molecule has 0 spiro atoms. The lowest BCUT2D eigenvalue weighted by molar-refractivity contribution is -0.122. The predicted octanol–water partition coefficient (Wildman–Crippen LogP) is 2.41. The zero-order chi connectivity index (χ0) is 19.3. The molecule has 3 rings (SSSR count). The van der Waals surface area contributed by atoms with Crippen LogP contribution >= 0.6 is 0 Å². The molecule has 1 N–H and O–H groups in total. The first kappa shape index (κ1) is 19.9. The van der Waals surface area contributed by atoms with E-state index in [1.165, 1.54) is 23.4 Å². The highest BCUT2D eigenvalue weighted by Gasteiger charge is 2.21. The Balaban J connectivity index is 1.56. The molecule has 0 radical (unpaired) electrons. The standard InChI is InChI=1S/C19H28N2O5S/c1-27(23,24)21(13-15-8-9-17-18(12-15)26-14-25-17)11-10-19(22)20-16-6-4-2-3-5-7-16/h8-9,12,16H,2-7,10-11,13-14H2,1H3,(H,20,22). The molecule has 2 aliphatic rings. The van der Waals surface area contributed by atoms with Crippen LogP contribution in [0.5, 0.6) is 11.5 Å². The largest absolute Gasteiger partial charge is 0.454 e. The molecule has 0 atom stereocenters. The number of hydrogen-bond donors (Lipinski definition) is 1. The molecule has 8 heteroatoms. The summed E-state index contributed by atoms with van der Waals surface area (Å²) in [5.41, 5.74) is 0.800. The Bertz CT molecular complexity index is 757. The Morgan fingerprint density at radius 3 is 2.56 bits per heavy atom. The molecule has 1 amide bonds. The van der Waals surface area contributed by atoms with E-state index in [-0.39, 0.29) is 38.3 Å². The summed E-state index contributed by atoms with van der Waals surface area (Å²) in [7, 11) is -3.43. The minimum absolute atomic E-state index is 0.0822. The number of amides is 1. The maximum absolute atomic E-state index is 12.3. The molecule has 7 nitrogen and oxygen atoms in total. The first-order valence-corrected chi connectivity index (χ1v) is 11.4. The fraction of sp³-hybridized carbons (Fsp3) is 0.632. The maximum Gasteiger partial charge on any atom is 0.231 e. The van der Waals surface area contributed by atoms with Crippen LogP contribution in [0.1, 0.15) is 50.5 Å². The van der Waals surface area contributed by atoms with Gasteiger partial charge >= 0.3 is 0 Å². The molecule has 1 saturated carbocycles. The molecule has 1 aliphatic heterocycles. The van der Waals surface area contributed by atoms with E-state index >= 15 is 0 Å². The van der Waals surface area contributed by atoms with E-state index in [0.717, 1.165) is 31.2 Å². The fourth-order valence-electron chi connectivity index (χ4n) is 3.55. The highest BCUT2D eigenvalue weighted by molar-refractivity contribution is 7.88. The summed E-state index contributed by atoms with van der Waals surface area (Å²) in [6, 6.07) is 5.60. The Hall–Kier alpha value is -1.80. The molecule has 27 heavy (non-hydrogen) atoms. The van der Waals surface area contributed by atoms with Gasteiger partial charge in [-0.1, -0.05) is 31.7 Å². The average Bonchev–Trinajstić information content (AvgIpc) is 2.93. The summed E-state index contributed by atoms with van der Waals surface area (Å²) in [6.07, 6.45) is 8.09. The number of benzene rings is 1. The Morgan fingerprint density at radius 2 is 1.85 bits per heavy atom. The van der Waals surface area contributed by atoms with Gasteiger partial charge in [-0.05, 0) is 30.5 Å². The molecule has 1 fully saturated rings. The van der Waals surface area contributed by atoms with Crippen LogP contribution in [0.2, 0.25) is 0 Å². The molecule has 0 bridgehead atoms. The van der Waals surface area contributed by atoms with E-state index in [2.05, 4.69) is 5.32 Å².